The molecule has 0 fully saturated rings. The number of carbonyl (C=O) groups excluding carboxylic acids is 4. The van der Waals surface area contributed by atoms with Gasteiger partial charge in [-0.2, -0.15) is 0 Å². The summed E-state index contributed by atoms with van der Waals surface area (Å²) < 4.78 is 4.84. The van der Waals surface area contributed by atoms with Crippen molar-refractivity contribution in [1.82, 2.24) is 16.0 Å². The van der Waals surface area contributed by atoms with Gasteiger partial charge in [-0.1, -0.05) is 6.07 Å². The number of urea groups is 1. The van der Waals surface area contributed by atoms with Gasteiger partial charge in [-0.05, 0) is 25.3 Å². The van der Waals surface area contributed by atoms with E-state index >= 15 is 0 Å². The molecule has 24 heavy (non-hydrogen) atoms. The van der Waals surface area contributed by atoms with Crippen molar-refractivity contribution in [2.75, 3.05) is 6.61 Å². The van der Waals surface area contributed by atoms with E-state index in [1.54, 1.807) is 26.0 Å². The summed E-state index contributed by atoms with van der Waals surface area (Å²) in [4.78, 5) is 46.7. The van der Waals surface area contributed by atoms with E-state index < -0.39 is 30.6 Å². The maximum absolute atomic E-state index is 11.8. The first-order chi connectivity index (χ1) is 11.3. The molecule has 1 aromatic heterocycles. The number of nitrogens with one attached hydrogen (secondary N) is 3. The summed E-state index contributed by atoms with van der Waals surface area (Å²) in [6, 6.07) is 2.32. The summed E-state index contributed by atoms with van der Waals surface area (Å²) in [5.74, 6) is -1.65. The first-order valence-corrected chi connectivity index (χ1v) is 8.22. The number of esters is 1. The van der Waals surface area contributed by atoms with Gasteiger partial charge in [-0.25, -0.2) is 4.79 Å². The second-order valence-corrected chi connectivity index (χ2v) is 6.29. The van der Waals surface area contributed by atoms with E-state index in [0.29, 0.717) is 0 Å². The highest BCUT2D eigenvalue weighted by molar-refractivity contribution is 7.10. The number of hydrogen-bond donors (Lipinski definition) is 3. The molecule has 1 unspecified atom stereocenters. The highest BCUT2D eigenvalue weighted by Crippen LogP contribution is 2.22. The Morgan fingerprint density at radius 3 is 2.46 bits per heavy atom. The number of rotatable bonds is 7. The van der Waals surface area contributed by atoms with Gasteiger partial charge in [0.05, 0.1) is 12.5 Å². The molecule has 3 N–H and O–H groups in total. The fraction of sp³-hybridized carbons (Fsp3) is 0.467. The van der Waals surface area contributed by atoms with Crippen LogP contribution in [0.4, 0.5) is 4.79 Å². The smallest absolute Gasteiger partial charge is 0.321 e. The molecule has 0 saturated carbocycles. The maximum atomic E-state index is 11.8. The number of imide groups is 1. The molecule has 132 valence electrons. The van der Waals surface area contributed by atoms with Crippen LogP contribution in [0.1, 0.15) is 38.1 Å². The topological polar surface area (TPSA) is 114 Å². The normalized spacial score (nSPS) is 11.5. The number of thiophene rings is 1. The Morgan fingerprint density at radius 1 is 1.21 bits per heavy atom. The Morgan fingerprint density at radius 2 is 1.92 bits per heavy atom. The summed E-state index contributed by atoms with van der Waals surface area (Å²) in [5.41, 5.74) is 0. The standard InChI is InChI=1S/C15H21N3O5S/c1-9(2)16-15(22)18-13(20)8-23-14(21)7-11(17-10(3)19)12-5-4-6-24-12/h4-6,9,11H,7-8H2,1-3H3,(H,17,19)(H2,16,18,20,22). The molecule has 0 aliphatic rings. The largest absolute Gasteiger partial charge is 0.455 e. The molecule has 0 aliphatic heterocycles. The van der Waals surface area contributed by atoms with Gasteiger partial charge in [0.15, 0.2) is 6.61 Å². The van der Waals surface area contributed by atoms with Crippen LogP contribution in [0, 0.1) is 0 Å². The third-order valence-electron chi connectivity index (χ3n) is 2.67. The Hall–Kier alpha value is -2.42. The van der Waals surface area contributed by atoms with Gasteiger partial charge in [0, 0.05) is 17.8 Å². The molecule has 0 spiro atoms. The van der Waals surface area contributed by atoms with Crippen LogP contribution in [-0.4, -0.2) is 36.5 Å². The minimum Gasteiger partial charge on any atom is -0.455 e. The van der Waals surface area contributed by atoms with Gasteiger partial charge in [-0.3, -0.25) is 19.7 Å². The van der Waals surface area contributed by atoms with Crippen molar-refractivity contribution >= 4 is 35.2 Å². The molecular weight excluding hydrogens is 334 g/mol. The summed E-state index contributed by atoms with van der Waals surface area (Å²) in [6.07, 6.45) is -0.106. The van der Waals surface area contributed by atoms with Crippen molar-refractivity contribution < 1.29 is 23.9 Å². The summed E-state index contributed by atoms with van der Waals surface area (Å²) in [6.45, 7) is 4.28. The Bertz CT molecular complexity index is 586. The fourth-order valence-corrected chi connectivity index (χ4v) is 2.57. The van der Waals surface area contributed by atoms with Crippen molar-refractivity contribution in [1.29, 1.82) is 0 Å². The van der Waals surface area contributed by atoms with E-state index in [1.807, 2.05) is 10.7 Å². The molecular formula is C15H21N3O5S. The van der Waals surface area contributed by atoms with Crippen LogP contribution < -0.4 is 16.0 Å². The van der Waals surface area contributed by atoms with Crippen LogP contribution in [0.3, 0.4) is 0 Å². The average Bonchev–Trinajstić information content (AvgIpc) is 2.97. The van der Waals surface area contributed by atoms with Gasteiger partial charge in [-0.15, -0.1) is 11.3 Å². The summed E-state index contributed by atoms with van der Waals surface area (Å²) in [5, 5.41) is 9.01. The quantitative estimate of drug-likeness (QED) is 0.634. The lowest BCUT2D eigenvalue weighted by Gasteiger charge is -2.15. The fourth-order valence-electron chi connectivity index (χ4n) is 1.79. The molecule has 9 heteroatoms. The zero-order valence-electron chi connectivity index (χ0n) is 13.8. The second kappa shape index (κ2) is 9.66. The van der Waals surface area contributed by atoms with Gasteiger partial charge >= 0.3 is 12.0 Å². The Labute approximate surface area is 143 Å². The molecule has 0 saturated heterocycles. The zero-order chi connectivity index (χ0) is 18.1. The molecule has 0 radical (unpaired) electrons. The predicted octanol–water partition coefficient (Wildman–Crippen LogP) is 1.09. The lowest BCUT2D eigenvalue weighted by atomic mass is 10.1. The molecule has 1 aromatic rings. The van der Waals surface area contributed by atoms with Crippen LogP contribution >= 0.6 is 11.3 Å². The minimum absolute atomic E-state index is 0.106. The lowest BCUT2D eigenvalue weighted by Crippen LogP contribution is -2.44. The van der Waals surface area contributed by atoms with Gasteiger partial charge < -0.3 is 15.4 Å². The third kappa shape index (κ3) is 7.73. The number of ether oxygens (including phenoxy) is 1. The molecule has 0 aromatic carbocycles. The second-order valence-electron chi connectivity index (χ2n) is 5.31. The van der Waals surface area contributed by atoms with E-state index in [0.717, 1.165) is 4.88 Å². The van der Waals surface area contributed by atoms with E-state index in [9.17, 15) is 19.2 Å². The van der Waals surface area contributed by atoms with Gasteiger partial charge in [0.25, 0.3) is 5.91 Å². The third-order valence-corrected chi connectivity index (χ3v) is 3.66. The number of hydrogen-bond acceptors (Lipinski definition) is 6. The molecule has 4 amide bonds. The van der Waals surface area contributed by atoms with E-state index in [1.165, 1.54) is 18.3 Å². The van der Waals surface area contributed by atoms with Crippen LogP contribution in [0.15, 0.2) is 17.5 Å². The summed E-state index contributed by atoms with van der Waals surface area (Å²) in [7, 11) is 0. The first kappa shape index (κ1) is 19.6. The summed E-state index contributed by atoms with van der Waals surface area (Å²) >= 11 is 1.40. The average molecular weight is 355 g/mol. The van der Waals surface area contributed by atoms with Crippen LogP contribution in [0.25, 0.3) is 0 Å². The van der Waals surface area contributed by atoms with Crippen molar-refractivity contribution in [3.8, 4) is 0 Å². The maximum Gasteiger partial charge on any atom is 0.321 e. The zero-order valence-corrected chi connectivity index (χ0v) is 14.6. The molecule has 1 heterocycles. The molecule has 0 aliphatic carbocycles. The van der Waals surface area contributed by atoms with Crippen molar-refractivity contribution in [2.24, 2.45) is 0 Å². The minimum atomic E-state index is -0.728. The van der Waals surface area contributed by atoms with E-state index in [4.69, 9.17) is 4.74 Å². The van der Waals surface area contributed by atoms with Crippen LogP contribution in [0.2, 0.25) is 0 Å². The van der Waals surface area contributed by atoms with E-state index in [-0.39, 0.29) is 18.4 Å². The molecule has 0 bridgehead atoms. The SMILES string of the molecule is CC(=O)NC(CC(=O)OCC(=O)NC(=O)NC(C)C)c1cccs1. The first-order valence-electron chi connectivity index (χ1n) is 7.34. The molecule has 1 rings (SSSR count). The predicted molar refractivity (Wildman–Crippen MR) is 88.3 cm³/mol. The highest BCUT2D eigenvalue weighted by Gasteiger charge is 2.20. The number of carbonyl (C=O) groups is 4. The van der Waals surface area contributed by atoms with Gasteiger partial charge in [0.1, 0.15) is 0 Å². The van der Waals surface area contributed by atoms with Crippen LogP contribution in [0.5, 0.6) is 0 Å². The van der Waals surface area contributed by atoms with Crippen molar-refractivity contribution in [2.45, 2.75) is 39.3 Å². The van der Waals surface area contributed by atoms with Crippen molar-refractivity contribution in [3.05, 3.63) is 22.4 Å². The molecule has 1 atom stereocenters. The highest BCUT2D eigenvalue weighted by atomic mass is 32.1. The number of amides is 4. The Kier molecular flexibility index (Phi) is 7.90. The monoisotopic (exact) mass is 355 g/mol. The molecule has 8 nitrogen and oxygen atoms in total. The van der Waals surface area contributed by atoms with E-state index in [2.05, 4.69) is 10.6 Å². The Balaban J connectivity index is 2.44. The van der Waals surface area contributed by atoms with Crippen molar-refractivity contribution in [3.63, 3.8) is 0 Å². The lowest BCUT2D eigenvalue weighted by molar-refractivity contribution is -0.148. The van der Waals surface area contributed by atoms with Gasteiger partial charge in [0.2, 0.25) is 5.91 Å². The van der Waals surface area contributed by atoms with Crippen LogP contribution in [-0.2, 0) is 19.1 Å².